The van der Waals surface area contributed by atoms with Gasteiger partial charge in [0.25, 0.3) is 0 Å². The van der Waals surface area contributed by atoms with Crippen LogP contribution in [-0.4, -0.2) is 30.9 Å². The van der Waals surface area contributed by atoms with E-state index in [9.17, 15) is 4.79 Å². The number of hydrogen-bond donors (Lipinski definition) is 1. The van der Waals surface area contributed by atoms with Gasteiger partial charge in [-0.25, -0.2) is 0 Å². The van der Waals surface area contributed by atoms with Crippen LogP contribution in [-0.2, 0) is 4.79 Å². The Labute approximate surface area is 140 Å². The van der Waals surface area contributed by atoms with Gasteiger partial charge in [-0.1, -0.05) is 23.8 Å². The van der Waals surface area contributed by atoms with Crippen LogP contribution in [0, 0.1) is 19.8 Å². The fraction of sp³-hybridized carbons (Fsp3) is 0.611. The Morgan fingerprint density at radius 2 is 2.14 bits per heavy atom. The minimum atomic E-state index is 0. The summed E-state index contributed by atoms with van der Waals surface area (Å²) in [6.07, 6.45) is 2.89. The monoisotopic (exact) mass is 324 g/mol. The molecule has 1 aliphatic rings. The molecule has 2 rings (SSSR count). The lowest BCUT2D eigenvalue weighted by molar-refractivity contribution is -0.132. The highest BCUT2D eigenvalue weighted by Crippen LogP contribution is 2.25. The highest BCUT2D eigenvalue weighted by atomic mass is 35.5. The first-order valence-electron chi connectivity index (χ1n) is 8.02. The van der Waals surface area contributed by atoms with E-state index in [0.29, 0.717) is 12.3 Å². The molecular formula is C18H29ClN2O. The molecule has 4 heteroatoms. The third kappa shape index (κ3) is 4.72. The van der Waals surface area contributed by atoms with Gasteiger partial charge < -0.3 is 10.2 Å². The van der Waals surface area contributed by atoms with E-state index < -0.39 is 0 Å². The first-order valence-corrected chi connectivity index (χ1v) is 8.02. The summed E-state index contributed by atoms with van der Waals surface area (Å²) >= 11 is 0. The second-order valence-electron chi connectivity index (χ2n) is 6.44. The Morgan fingerprint density at radius 3 is 2.77 bits per heavy atom. The number of nitrogens with zero attached hydrogens (tertiary/aromatic N) is 1. The molecule has 0 aromatic heterocycles. The van der Waals surface area contributed by atoms with Crippen LogP contribution in [0.15, 0.2) is 18.2 Å². The van der Waals surface area contributed by atoms with Crippen LogP contribution < -0.4 is 5.32 Å². The normalized spacial score (nSPS) is 18.6. The number of halogens is 1. The van der Waals surface area contributed by atoms with Crippen LogP contribution in [0.1, 0.15) is 48.9 Å². The van der Waals surface area contributed by atoms with Crippen LogP contribution in [0.2, 0.25) is 0 Å². The van der Waals surface area contributed by atoms with Crippen LogP contribution >= 0.6 is 12.4 Å². The molecule has 2 unspecified atom stereocenters. The van der Waals surface area contributed by atoms with E-state index in [1.54, 1.807) is 0 Å². The number of aryl methyl sites for hydroxylation is 2. The summed E-state index contributed by atoms with van der Waals surface area (Å²) in [5.41, 5.74) is 3.77. The topological polar surface area (TPSA) is 32.3 Å². The summed E-state index contributed by atoms with van der Waals surface area (Å²) in [7, 11) is 1.93. The van der Waals surface area contributed by atoms with E-state index >= 15 is 0 Å². The largest absolute Gasteiger partial charge is 0.339 e. The number of carbonyl (C=O) groups excluding carboxylic acids is 1. The van der Waals surface area contributed by atoms with Gasteiger partial charge >= 0.3 is 0 Å². The quantitative estimate of drug-likeness (QED) is 0.897. The second kappa shape index (κ2) is 8.54. The van der Waals surface area contributed by atoms with Gasteiger partial charge in [0.05, 0.1) is 6.04 Å². The van der Waals surface area contributed by atoms with E-state index in [1.807, 2.05) is 11.9 Å². The highest BCUT2D eigenvalue weighted by Gasteiger charge is 2.21. The molecule has 3 nitrogen and oxygen atoms in total. The SMILES string of the molecule is Cc1ccc(C)c(C(C)N(C)C(=O)CCC2CCNC2)c1.Cl. The minimum Gasteiger partial charge on any atom is -0.339 e. The van der Waals surface area contributed by atoms with Crippen molar-refractivity contribution in [2.45, 2.75) is 46.1 Å². The lowest BCUT2D eigenvalue weighted by Gasteiger charge is -2.27. The summed E-state index contributed by atoms with van der Waals surface area (Å²) < 4.78 is 0. The number of nitrogens with one attached hydrogen (secondary N) is 1. The first kappa shape index (κ1) is 19.0. The fourth-order valence-corrected chi connectivity index (χ4v) is 3.10. The van der Waals surface area contributed by atoms with Crippen molar-refractivity contribution in [1.82, 2.24) is 10.2 Å². The molecular weight excluding hydrogens is 296 g/mol. The van der Waals surface area contributed by atoms with Crippen molar-refractivity contribution in [3.05, 3.63) is 34.9 Å². The van der Waals surface area contributed by atoms with Crippen molar-refractivity contribution >= 4 is 18.3 Å². The average Bonchev–Trinajstić information content (AvgIpc) is 2.99. The molecule has 1 saturated heterocycles. The van der Waals surface area contributed by atoms with Gasteiger partial charge in [0.2, 0.25) is 5.91 Å². The van der Waals surface area contributed by atoms with Crippen molar-refractivity contribution in [2.75, 3.05) is 20.1 Å². The van der Waals surface area contributed by atoms with Gasteiger partial charge in [0.1, 0.15) is 0 Å². The molecule has 2 atom stereocenters. The highest BCUT2D eigenvalue weighted by molar-refractivity contribution is 5.85. The molecule has 1 aliphatic heterocycles. The van der Waals surface area contributed by atoms with Gasteiger partial charge in [0, 0.05) is 13.5 Å². The molecule has 1 aromatic rings. The molecule has 1 fully saturated rings. The molecule has 0 saturated carbocycles. The van der Waals surface area contributed by atoms with Crippen LogP contribution in [0.25, 0.3) is 0 Å². The molecule has 0 radical (unpaired) electrons. The van der Waals surface area contributed by atoms with E-state index in [-0.39, 0.29) is 24.4 Å². The van der Waals surface area contributed by atoms with E-state index in [2.05, 4.69) is 44.3 Å². The number of hydrogen-bond acceptors (Lipinski definition) is 2. The predicted molar refractivity (Wildman–Crippen MR) is 94.6 cm³/mol. The number of rotatable bonds is 5. The Balaban J connectivity index is 0.00000242. The third-order valence-electron chi connectivity index (χ3n) is 4.79. The first-order chi connectivity index (χ1) is 9.99. The fourth-order valence-electron chi connectivity index (χ4n) is 3.10. The Bertz CT molecular complexity index is 498. The molecule has 22 heavy (non-hydrogen) atoms. The van der Waals surface area contributed by atoms with Crippen molar-refractivity contribution in [1.29, 1.82) is 0 Å². The Kier molecular flexibility index (Phi) is 7.37. The van der Waals surface area contributed by atoms with Crippen LogP contribution in [0.5, 0.6) is 0 Å². The summed E-state index contributed by atoms with van der Waals surface area (Å²) in [5, 5.41) is 3.36. The van der Waals surface area contributed by atoms with Crippen LogP contribution in [0.3, 0.4) is 0 Å². The Morgan fingerprint density at radius 1 is 1.41 bits per heavy atom. The maximum atomic E-state index is 12.4. The molecule has 0 spiro atoms. The summed E-state index contributed by atoms with van der Waals surface area (Å²) in [5.74, 6) is 0.939. The minimum absolute atomic E-state index is 0. The number of amides is 1. The number of benzene rings is 1. The summed E-state index contributed by atoms with van der Waals surface area (Å²) in [6.45, 7) is 8.52. The molecule has 124 valence electrons. The lowest BCUT2D eigenvalue weighted by atomic mass is 9.98. The van der Waals surface area contributed by atoms with Crippen molar-refractivity contribution < 1.29 is 4.79 Å². The molecule has 1 amide bonds. The smallest absolute Gasteiger partial charge is 0.222 e. The van der Waals surface area contributed by atoms with Gasteiger partial charge in [-0.2, -0.15) is 0 Å². The van der Waals surface area contributed by atoms with Crippen molar-refractivity contribution in [3.63, 3.8) is 0 Å². The zero-order valence-electron chi connectivity index (χ0n) is 14.2. The summed E-state index contributed by atoms with van der Waals surface area (Å²) in [6, 6.07) is 6.61. The Hall–Kier alpha value is -1.06. The van der Waals surface area contributed by atoms with E-state index in [1.165, 1.54) is 23.1 Å². The predicted octanol–water partition coefficient (Wildman–Crippen LogP) is 3.63. The van der Waals surface area contributed by atoms with Gasteiger partial charge in [0.15, 0.2) is 0 Å². The molecule has 1 N–H and O–H groups in total. The van der Waals surface area contributed by atoms with E-state index in [4.69, 9.17) is 0 Å². The summed E-state index contributed by atoms with van der Waals surface area (Å²) in [4.78, 5) is 14.3. The maximum absolute atomic E-state index is 12.4. The van der Waals surface area contributed by atoms with Crippen molar-refractivity contribution in [2.24, 2.45) is 5.92 Å². The lowest BCUT2D eigenvalue weighted by Crippen LogP contribution is -2.30. The molecule has 1 heterocycles. The third-order valence-corrected chi connectivity index (χ3v) is 4.79. The standard InChI is InChI=1S/C18H28N2O.ClH/c1-13-5-6-14(2)17(11-13)15(3)20(4)18(21)8-7-16-9-10-19-12-16;/h5-6,11,15-16,19H,7-10,12H2,1-4H3;1H. The molecule has 0 bridgehead atoms. The second-order valence-corrected chi connectivity index (χ2v) is 6.44. The van der Waals surface area contributed by atoms with Crippen LogP contribution in [0.4, 0.5) is 0 Å². The molecule has 1 aromatic carbocycles. The van der Waals surface area contributed by atoms with Gasteiger partial charge in [-0.15, -0.1) is 12.4 Å². The zero-order chi connectivity index (χ0) is 15.4. The van der Waals surface area contributed by atoms with Crippen molar-refractivity contribution in [3.8, 4) is 0 Å². The maximum Gasteiger partial charge on any atom is 0.222 e. The zero-order valence-corrected chi connectivity index (χ0v) is 15.0. The van der Waals surface area contributed by atoms with Gasteiger partial charge in [-0.3, -0.25) is 4.79 Å². The number of carbonyl (C=O) groups is 1. The average molecular weight is 325 g/mol. The van der Waals surface area contributed by atoms with Gasteiger partial charge in [-0.05, 0) is 63.7 Å². The van der Waals surface area contributed by atoms with E-state index in [0.717, 1.165) is 19.5 Å². The molecule has 0 aliphatic carbocycles.